The van der Waals surface area contributed by atoms with E-state index in [2.05, 4.69) is 4.72 Å². The van der Waals surface area contributed by atoms with Crippen LogP contribution in [0.2, 0.25) is 0 Å². The van der Waals surface area contributed by atoms with Crippen LogP contribution in [0.25, 0.3) is 0 Å². The third-order valence-electron chi connectivity index (χ3n) is 3.09. The highest BCUT2D eigenvalue weighted by Crippen LogP contribution is 2.30. The van der Waals surface area contributed by atoms with E-state index >= 15 is 0 Å². The van der Waals surface area contributed by atoms with Gasteiger partial charge in [0.05, 0.1) is 5.75 Å². The van der Waals surface area contributed by atoms with Gasteiger partial charge in [-0.15, -0.1) is 0 Å². The zero-order chi connectivity index (χ0) is 11.3. The van der Waals surface area contributed by atoms with Crippen LogP contribution in [0.3, 0.4) is 0 Å². The molecule has 1 aliphatic rings. The van der Waals surface area contributed by atoms with Crippen molar-refractivity contribution in [2.75, 3.05) is 18.9 Å². The monoisotopic (exact) mass is 235 g/mol. The Morgan fingerprint density at radius 1 is 1.33 bits per heavy atom. The molecule has 0 aromatic heterocycles. The van der Waals surface area contributed by atoms with E-state index in [4.69, 9.17) is 5.11 Å². The lowest BCUT2D eigenvalue weighted by Gasteiger charge is -2.17. The summed E-state index contributed by atoms with van der Waals surface area (Å²) in [6, 6.07) is 0. The Bertz CT molecular complexity index is 276. The first-order valence-corrected chi connectivity index (χ1v) is 7.32. The molecule has 0 spiro atoms. The van der Waals surface area contributed by atoms with Crippen molar-refractivity contribution in [1.82, 2.24) is 4.72 Å². The van der Waals surface area contributed by atoms with Gasteiger partial charge < -0.3 is 5.11 Å². The lowest BCUT2D eigenvalue weighted by molar-refractivity contribution is 0.195. The minimum atomic E-state index is -3.08. The summed E-state index contributed by atoms with van der Waals surface area (Å²) < 4.78 is 25.4. The lowest BCUT2D eigenvalue weighted by atomic mass is 9.97. The number of sulfonamides is 1. The SMILES string of the molecule is CCCS(=O)(=O)NCC1CCCC1CO. The molecule has 0 aromatic rings. The van der Waals surface area contributed by atoms with Crippen LogP contribution < -0.4 is 4.72 Å². The van der Waals surface area contributed by atoms with E-state index in [-0.39, 0.29) is 18.3 Å². The van der Waals surface area contributed by atoms with E-state index in [1.165, 1.54) is 0 Å². The molecule has 2 unspecified atom stereocenters. The maximum atomic E-state index is 11.4. The zero-order valence-electron chi connectivity index (χ0n) is 9.28. The van der Waals surface area contributed by atoms with Crippen molar-refractivity contribution in [3.05, 3.63) is 0 Å². The number of hydrogen-bond acceptors (Lipinski definition) is 3. The fourth-order valence-electron chi connectivity index (χ4n) is 2.20. The Morgan fingerprint density at radius 2 is 2.00 bits per heavy atom. The summed E-state index contributed by atoms with van der Waals surface area (Å²) in [5.41, 5.74) is 0. The Morgan fingerprint density at radius 3 is 2.60 bits per heavy atom. The zero-order valence-corrected chi connectivity index (χ0v) is 10.1. The Kier molecular flexibility index (Phi) is 5.02. The van der Waals surface area contributed by atoms with Gasteiger partial charge in [0, 0.05) is 13.2 Å². The topological polar surface area (TPSA) is 66.4 Å². The van der Waals surface area contributed by atoms with Crippen LogP contribution in [0.1, 0.15) is 32.6 Å². The van der Waals surface area contributed by atoms with Crippen molar-refractivity contribution in [2.45, 2.75) is 32.6 Å². The predicted octanol–water partition coefficient (Wildman–Crippen LogP) is 0.724. The molecule has 2 atom stereocenters. The molecule has 0 aliphatic heterocycles. The number of hydrogen-bond donors (Lipinski definition) is 2. The van der Waals surface area contributed by atoms with E-state index in [1.54, 1.807) is 0 Å². The molecular weight excluding hydrogens is 214 g/mol. The first-order valence-electron chi connectivity index (χ1n) is 5.67. The molecule has 90 valence electrons. The molecule has 5 heteroatoms. The molecule has 0 radical (unpaired) electrons. The van der Waals surface area contributed by atoms with Gasteiger partial charge in [0.2, 0.25) is 10.0 Å². The minimum absolute atomic E-state index is 0.181. The third kappa shape index (κ3) is 4.09. The van der Waals surface area contributed by atoms with E-state index in [0.29, 0.717) is 18.9 Å². The molecule has 1 rings (SSSR count). The average molecular weight is 235 g/mol. The molecule has 2 N–H and O–H groups in total. The molecule has 0 bridgehead atoms. The summed E-state index contributed by atoms with van der Waals surface area (Å²) in [6.07, 6.45) is 3.80. The van der Waals surface area contributed by atoms with E-state index in [9.17, 15) is 8.42 Å². The molecule has 15 heavy (non-hydrogen) atoms. The van der Waals surface area contributed by atoms with Gasteiger partial charge in [-0.2, -0.15) is 0 Å². The maximum absolute atomic E-state index is 11.4. The molecule has 0 heterocycles. The maximum Gasteiger partial charge on any atom is 0.211 e. The van der Waals surface area contributed by atoms with Crippen molar-refractivity contribution in [1.29, 1.82) is 0 Å². The van der Waals surface area contributed by atoms with Crippen molar-refractivity contribution in [3.8, 4) is 0 Å². The van der Waals surface area contributed by atoms with Gasteiger partial charge in [-0.25, -0.2) is 13.1 Å². The summed E-state index contributed by atoms with van der Waals surface area (Å²) in [6.45, 7) is 2.53. The molecule has 1 fully saturated rings. The molecule has 4 nitrogen and oxygen atoms in total. The van der Waals surface area contributed by atoms with Crippen molar-refractivity contribution in [3.63, 3.8) is 0 Å². The van der Waals surface area contributed by atoms with Gasteiger partial charge in [-0.3, -0.25) is 0 Å². The summed E-state index contributed by atoms with van der Waals surface area (Å²) >= 11 is 0. The van der Waals surface area contributed by atoms with Gasteiger partial charge >= 0.3 is 0 Å². The second-order valence-electron chi connectivity index (χ2n) is 4.30. The fraction of sp³-hybridized carbons (Fsp3) is 1.00. The third-order valence-corrected chi connectivity index (χ3v) is 4.64. The van der Waals surface area contributed by atoms with Crippen LogP contribution in [-0.4, -0.2) is 32.4 Å². The van der Waals surface area contributed by atoms with Crippen molar-refractivity contribution in [2.24, 2.45) is 11.8 Å². The molecule has 0 amide bonds. The standard InChI is InChI=1S/C10H21NO3S/c1-2-6-15(13,14)11-7-9-4-3-5-10(9)8-12/h9-12H,2-8H2,1H3. The normalized spacial score (nSPS) is 27.1. The first kappa shape index (κ1) is 12.9. The second-order valence-corrected chi connectivity index (χ2v) is 6.23. The lowest BCUT2D eigenvalue weighted by Crippen LogP contribution is -2.33. The summed E-state index contributed by atoms with van der Waals surface area (Å²) in [7, 11) is -3.08. The van der Waals surface area contributed by atoms with Crippen LogP contribution >= 0.6 is 0 Å². The molecule has 0 aromatic carbocycles. The van der Waals surface area contributed by atoms with Gasteiger partial charge in [-0.05, 0) is 31.1 Å². The van der Waals surface area contributed by atoms with Crippen LogP contribution in [0.5, 0.6) is 0 Å². The fourth-order valence-corrected chi connectivity index (χ4v) is 3.35. The molecule has 1 saturated carbocycles. The molecular formula is C10H21NO3S. The van der Waals surface area contributed by atoms with Crippen LogP contribution in [0.4, 0.5) is 0 Å². The summed E-state index contributed by atoms with van der Waals surface area (Å²) in [4.78, 5) is 0. The number of aliphatic hydroxyl groups excluding tert-OH is 1. The van der Waals surface area contributed by atoms with Gasteiger partial charge in [0.15, 0.2) is 0 Å². The highest BCUT2D eigenvalue weighted by molar-refractivity contribution is 7.89. The molecule has 0 saturated heterocycles. The highest BCUT2D eigenvalue weighted by atomic mass is 32.2. The van der Waals surface area contributed by atoms with Crippen LogP contribution in [0.15, 0.2) is 0 Å². The summed E-state index contributed by atoms with van der Waals surface area (Å²) in [5.74, 6) is 0.805. The number of nitrogens with one attached hydrogen (secondary N) is 1. The Labute approximate surface area is 92.1 Å². The Hall–Kier alpha value is -0.130. The first-order chi connectivity index (χ1) is 7.09. The minimum Gasteiger partial charge on any atom is -0.396 e. The second kappa shape index (κ2) is 5.82. The smallest absolute Gasteiger partial charge is 0.211 e. The summed E-state index contributed by atoms with van der Waals surface area (Å²) in [5, 5.41) is 9.09. The van der Waals surface area contributed by atoms with Gasteiger partial charge in [0.25, 0.3) is 0 Å². The van der Waals surface area contributed by atoms with Gasteiger partial charge in [0.1, 0.15) is 0 Å². The van der Waals surface area contributed by atoms with E-state index in [0.717, 1.165) is 19.3 Å². The van der Waals surface area contributed by atoms with Crippen LogP contribution in [0, 0.1) is 11.8 Å². The quantitative estimate of drug-likeness (QED) is 0.713. The van der Waals surface area contributed by atoms with Crippen molar-refractivity contribution >= 4 is 10.0 Å². The highest BCUT2D eigenvalue weighted by Gasteiger charge is 2.27. The average Bonchev–Trinajstić information content (AvgIpc) is 2.62. The van der Waals surface area contributed by atoms with Gasteiger partial charge in [-0.1, -0.05) is 13.3 Å². The number of rotatable bonds is 6. The van der Waals surface area contributed by atoms with Crippen LogP contribution in [-0.2, 0) is 10.0 Å². The van der Waals surface area contributed by atoms with Crippen molar-refractivity contribution < 1.29 is 13.5 Å². The number of aliphatic hydroxyl groups is 1. The Balaban J connectivity index is 2.36. The van der Waals surface area contributed by atoms with E-state index in [1.807, 2.05) is 6.92 Å². The van der Waals surface area contributed by atoms with E-state index < -0.39 is 10.0 Å². The molecule has 1 aliphatic carbocycles. The predicted molar refractivity (Wildman–Crippen MR) is 60.0 cm³/mol. The largest absolute Gasteiger partial charge is 0.396 e.